The zero-order chi connectivity index (χ0) is 22.5. The number of methoxy groups -OCH3 is 3. The molecule has 0 aliphatic heterocycles. The first kappa shape index (κ1) is 23.3. The molecule has 30 heavy (non-hydrogen) atoms. The van der Waals surface area contributed by atoms with Crippen molar-refractivity contribution in [1.82, 2.24) is 0 Å². The summed E-state index contributed by atoms with van der Waals surface area (Å²) in [4.78, 5) is 24.4. The van der Waals surface area contributed by atoms with Gasteiger partial charge in [-0.2, -0.15) is 0 Å². The van der Waals surface area contributed by atoms with Gasteiger partial charge < -0.3 is 19.5 Å². The Morgan fingerprint density at radius 2 is 1.77 bits per heavy atom. The molecule has 162 valence electrons. The molecule has 1 amide bonds. The van der Waals surface area contributed by atoms with E-state index in [-0.39, 0.29) is 27.7 Å². The minimum absolute atomic E-state index is 0.0615. The van der Waals surface area contributed by atoms with Crippen molar-refractivity contribution in [3.63, 3.8) is 0 Å². The molecule has 0 unspecified atom stereocenters. The lowest BCUT2D eigenvalue weighted by Crippen LogP contribution is -2.37. The number of carbonyl (C=O) groups is 2. The molecule has 0 aliphatic carbocycles. The van der Waals surface area contributed by atoms with Crippen molar-refractivity contribution >= 4 is 44.9 Å². The van der Waals surface area contributed by atoms with E-state index in [1.165, 1.54) is 51.7 Å². The van der Waals surface area contributed by atoms with Crippen LogP contribution in [0.5, 0.6) is 11.5 Å². The second kappa shape index (κ2) is 9.68. The van der Waals surface area contributed by atoms with Crippen LogP contribution in [0, 0.1) is 0 Å². The summed E-state index contributed by atoms with van der Waals surface area (Å²) < 4.78 is 40.7. The van der Waals surface area contributed by atoms with Crippen LogP contribution in [0.1, 0.15) is 10.4 Å². The SMILES string of the molecule is COC(=O)c1cc(NC(=O)CN(c2cc(OC)ccc2OC)S(C)(=O)=O)ccc1Cl. The number of anilines is 2. The zero-order valence-corrected chi connectivity index (χ0v) is 18.3. The van der Waals surface area contributed by atoms with Gasteiger partial charge in [-0.1, -0.05) is 11.6 Å². The number of sulfonamides is 1. The van der Waals surface area contributed by atoms with E-state index in [4.69, 9.17) is 21.1 Å². The Bertz CT molecular complexity index is 1060. The minimum Gasteiger partial charge on any atom is -0.497 e. The largest absolute Gasteiger partial charge is 0.497 e. The maximum absolute atomic E-state index is 12.6. The van der Waals surface area contributed by atoms with Crippen LogP contribution in [0.3, 0.4) is 0 Å². The Morgan fingerprint density at radius 3 is 2.33 bits per heavy atom. The molecule has 9 nitrogen and oxygen atoms in total. The van der Waals surface area contributed by atoms with Crippen LogP contribution in [0.15, 0.2) is 36.4 Å². The van der Waals surface area contributed by atoms with Gasteiger partial charge in [-0.05, 0) is 30.3 Å². The summed E-state index contributed by atoms with van der Waals surface area (Å²) in [5, 5.41) is 2.69. The average Bonchev–Trinajstić information content (AvgIpc) is 2.71. The smallest absolute Gasteiger partial charge is 0.339 e. The first-order valence-electron chi connectivity index (χ1n) is 8.48. The molecular formula is C19H21ClN2O7S. The summed E-state index contributed by atoms with van der Waals surface area (Å²) in [6.45, 7) is -0.543. The van der Waals surface area contributed by atoms with Crippen LogP contribution in [0.4, 0.5) is 11.4 Å². The van der Waals surface area contributed by atoms with Crippen LogP contribution in [-0.4, -0.2) is 54.4 Å². The third kappa shape index (κ3) is 5.55. The number of carbonyl (C=O) groups excluding carboxylic acids is 2. The van der Waals surface area contributed by atoms with Crippen molar-refractivity contribution < 1.29 is 32.2 Å². The van der Waals surface area contributed by atoms with Crippen LogP contribution in [0.25, 0.3) is 0 Å². The number of ether oxygens (including phenoxy) is 3. The van der Waals surface area contributed by atoms with Crippen LogP contribution >= 0.6 is 11.6 Å². The maximum atomic E-state index is 12.6. The van der Waals surface area contributed by atoms with Crippen molar-refractivity contribution in [3.05, 3.63) is 47.0 Å². The lowest BCUT2D eigenvalue weighted by molar-refractivity contribution is -0.114. The van der Waals surface area contributed by atoms with Gasteiger partial charge in [0.15, 0.2) is 0 Å². The summed E-state index contributed by atoms with van der Waals surface area (Å²) in [6.07, 6.45) is 0.969. The van der Waals surface area contributed by atoms with Gasteiger partial charge >= 0.3 is 5.97 Å². The maximum Gasteiger partial charge on any atom is 0.339 e. The van der Waals surface area contributed by atoms with E-state index in [2.05, 4.69) is 10.1 Å². The van der Waals surface area contributed by atoms with E-state index in [9.17, 15) is 18.0 Å². The third-order valence-electron chi connectivity index (χ3n) is 4.00. The zero-order valence-electron chi connectivity index (χ0n) is 16.8. The van der Waals surface area contributed by atoms with Crippen molar-refractivity contribution in [2.75, 3.05) is 43.8 Å². The Balaban J connectivity index is 2.33. The lowest BCUT2D eigenvalue weighted by Gasteiger charge is -2.24. The molecule has 0 bridgehead atoms. The van der Waals surface area contributed by atoms with Crippen molar-refractivity contribution in [2.24, 2.45) is 0 Å². The molecule has 0 atom stereocenters. The summed E-state index contributed by atoms with van der Waals surface area (Å²) in [5.74, 6) is -0.688. The van der Waals surface area contributed by atoms with E-state index in [1.54, 1.807) is 6.07 Å². The first-order chi connectivity index (χ1) is 14.1. The van der Waals surface area contributed by atoms with E-state index >= 15 is 0 Å². The van der Waals surface area contributed by atoms with Gasteiger partial charge in [0.1, 0.15) is 18.0 Å². The van der Waals surface area contributed by atoms with E-state index in [1.807, 2.05) is 0 Å². The molecule has 0 spiro atoms. The Labute approximate surface area is 179 Å². The molecule has 2 aromatic carbocycles. The van der Waals surface area contributed by atoms with Gasteiger partial charge in [-0.25, -0.2) is 13.2 Å². The molecule has 0 saturated carbocycles. The van der Waals surface area contributed by atoms with E-state index in [0.29, 0.717) is 5.75 Å². The van der Waals surface area contributed by atoms with Gasteiger partial charge in [-0.3, -0.25) is 9.10 Å². The third-order valence-corrected chi connectivity index (χ3v) is 5.45. The van der Waals surface area contributed by atoms with Crippen molar-refractivity contribution in [3.8, 4) is 11.5 Å². The topological polar surface area (TPSA) is 111 Å². The highest BCUT2D eigenvalue weighted by Crippen LogP contribution is 2.33. The number of benzene rings is 2. The van der Waals surface area contributed by atoms with Gasteiger partial charge in [-0.15, -0.1) is 0 Å². The molecule has 0 saturated heterocycles. The predicted octanol–water partition coefficient (Wildman–Crippen LogP) is 2.55. The number of nitrogens with zero attached hydrogens (tertiary/aromatic N) is 1. The Hall–Kier alpha value is -2.98. The highest BCUT2D eigenvalue weighted by atomic mass is 35.5. The molecule has 0 aliphatic rings. The number of amides is 1. The van der Waals surface area contributed by atoms with Gasteiger partial charge in [0.2, 0.25) is 15.9 Å². The number of hydrogen-bond donors (Lipinski definition) is 1. The van der Waals surface area contributed by atoms with Gasteiger partial charge in [0.05, 0.1) is 43.9 Å². The number of nitrogens with one attached hydrogen (secondary N) is 1. The lowest BCUT2D eigenvalue weighted by atomic mass is 10.2. The van der Waals surface area contributed by atoms with Crippen molar-refractivity contribution in [2.45, 2.75) is 0 Å². The van der Waals surface area contributed by atoms with Gasteiger partial charge in [0.25, 0.3) is 0 Å². The minimum atomic E-state index is -3.85. The average molecular weight is 457 g/mol. The second-order valence-corrected chi connectivity index (χ2v) is 8.36. The first-order valence-corrected chi connectivity index (χ1v) is 10.7. The Morgan fingerprint density at radius 1 is 1.07 bits per heavy atom. The number of hydrogen-bond acceptors (Lipinski definition) is 7. The van der Waals surface area contributed by atoms with Crippen LogP contribution < -0.4 is 19.1 Å². The fourth-order valence-electron chi connectivity index (χ4n) is 2.57. The standard InChI is InChI=1S/C19H21ClN2O7S/c1-27-13-6-8-17(28-2)16(10-13)22(30(4,25)26)11-18(23)21-12-5-7-15(20)14(9-12)19(24)29-3/h5-10H,11H2,1-4H3,(H,21,23). The normalized spacial score (nSPS) is 10.8. The summed E-state index contributed by atoms with van der Waals surface area (Å²) in [5.41, 5.74) is 0.447. The molecule has 0 aromatic heterocycles. The molecule has 0 fully saturated rings. The molecular weight excluding hydrogens is 436 g/mol. The second-order valence-electron chi connectivity index (χ2n) is 6.04. The number of rotatable bonds is 8. The molecule has 0 radical (unpaired) electrons. The van der Waals surface area contributed by atoms with Gasteiger partial charge in [0, 0.05) is 11.8 Å². The van der Waals surface area contributed by atoms with E-state index < -0.39 is 28.4 Å². The predicted molar refractivity (Wildman–Crippen MR) is 113 cm³/mol. The molecule has 1 N–H and O–H groups in total. The van der Waals surface area contributed by atoms with E-state index in [0.717, 1.165) is 10.6 Å². The highest BCUT2D eigenvalue weighted by Gasteiger charge is 2.25. The van der Waals surface area contributed by atoms with Crippen molar-refractivity contribution in [1.29, 1.82) is 0 Å². The fraction of sp³-hybridized carbons (Fsp3) is 0.263. The monoisotopic (exact) mass is 456 g/mol. The van der Waals surface area contributed by atoms with Crippen LogP contribution in [-0.2, 0) is 19.6 Å². The molecule has 2 rings (SSSR count). The van der Waals surface area contributed by atoms with Crippen LogP contribution in [0.2, 0.25) is 5.02 Å². The molecule has 2 aromatic rings. The summed E-state index contributed by atoms with van der Waals surface area (Å²) >= 11 is 5.97. The Kier molecular flexibility index (Phi) is 7.52. The quantitative estimate of drug-likeness (QED) is 0.607. The number of esters is 1. The molecule has 0 heterocycles. The summed E-state index contributed by atoms with van der Waals surface area (Å²) in [7, 11) is 0.166. The number of halogens is 1. The highest BCUT2D eigenvalue weighted by molar-refractivity contribution is 7.92. The summed E-state index contributed by atoms with van der Waals surface area (Å²) in [6, 6.07) is 8.82. The molecule has 11 heteroatoms. The fourth-order valence-corrected chi connectivity index (χ4v) is 3.62.